The topological polar surface area (TPSA) is 53.5 Å². The first-order chi connectivity index (χ1) is 9.19. The van der Waals surface area contributed by atoms with Crippen LogP contribution in [0, 0.1) is 5.41 Å². The van der Waals surface area contributed by atoms with E-state index in [0.29, 0.717) is 0 Å². The number of amidine groups is 1. The lowest BCUT2D eigenvalue weighted by atomic mass is 9.89. The van der Waals surface area contributed by atoms with Gasteiger partial charge >= 0.3 is 0 Å². The minimum atomic E-state index is -0.433. The van der Waals surface area contributed by atoms with Crippen molar-refractivity contribution in [3.05, 3.63) is 35.4 Å². The van der Waals surface area contributed by atoms with E-state index in [1.165, 1.54) is 5.56 Å². The summed E-state index contributed by atoms with van der Waals surface area (Å²) in [5.41, 5.74) is 7.45. The highest BCUT2D eigenvalue weighted by atomic mass is 16.2. The minimum absolute atomic E-state index is 0.0546. The number of hydrogen-bond donors (Lipinski definition) is 2. The van der Waals surface area contributed by atoms with Crippen LogP contribution in [0.15, 0.2) is 29.3 Å². The van der Waals surface area contributed by atoms with Gasteiger partial charge in [-0.25, -0.2) is 0 Å². The fourth-order valence-electron chi connectivity index (χ4n) is 2.17. The maximum absolute atomic E-state index is 12.0. The monoisotopic (exact) mass is 273 g/mol. The van der Waals surface area contributed by atoms with Gasteiger partial charge in [0.25, 0.3) is 0 Å². The third-order valence-electron chi connectivity index (χ3n) is 3.29. The number of benzene rings is 1. The highest BCUT2D eigenvalue weighted by molar-refractivity contribution is 6.02. The molecule has 1 amide bonds. The molecule has 0 radical (unpaired) electrons. The van der Waals surface area contributed by atoms with Gasteiger partial charge in [-0.3, -0.25) is 20.6 Å². The second kappa shape index (κ2) is 4.93. The molecule has 1 aliphatic rings. The Morgan fingerprint density at radius 1 is 1.25 bits per heavy atom. The van der Waals surface area contributed by atoms with Gasteiger partial charge in [0.15, 0.2) is 0 Å². The van der Waals surface area contributed by atoms with Gasteiger partial charge in [0.1, 0.15) is 5.84 Å². The van der Waals surface area contributed by atoms with Crippen LogP contribution in [-0.2, 0) is 11.2 Å². The van der Waals surface area contributed by atoms with Gasteiger partial charge in [0, 0.05) is 11.0 Å². The molecule has 0 unspecified atom stereocenters. The van der Waals surface area contributed by atoms with Gasteiger partial charge < -0.3 is 0 Å². The third kappa shape index (κ3) is 3.18. The van der Waals surface area contributed by atoms with Crippen LogP contribution in [0.3, 0.4) is 0 Å². The van der Waals surface area contributed by atoms with Crippen LogP contribution in [0.1, 0.15) is 45.7 Å². The zero-order chi connectivity index (χ0) is 15.0. The van der Waals surface area contributed by atoms with E-state index < -0.39 is 5.41 Å². The minimum Gasteiger partial charge on any atom is -0.282 e. The Morgan fingerprint density at radius 3 is 2.55 bits per heavy atom. The molecular weight excluding hydrogens is 250 g/mol. The average molecular weight is 273 g/mol. The highest BCUT2D eigenvalue weighted by Gasteiger charge is 2.27. The third-order valence-corrected chi connectivity index (χ3v) is 3.29. The first-order valence-electron chi connectivity index (χ1n) is 6.94. The zero-order valence-electron chi connectivity index (χ0n) is 12.9. The first kappa shape index (κ1) is 14.6. The predicted octanol–water partition coefficient (Wildman–Crippen LogP) is 2.43. The lowest BCUT2D eigenvalue weighted by Crippen LogP contribution is -2.49. The Morgan fingerprint density at radius 2 is 1.90 bits per heavy atom. The molecule has 1 aliphatic heterocycles. The summed E-state index contributed by atoms with van der Waals surface area (Å²) in [4.78, 5) is 16.7. The first-order valence-corrected chi connectivity index (χ1v) is 6.94. The number of nitrogens with zero attached hydrogens (tertiary/aromatic N) is 1. The molecule has 108 valence electrons. The second-order valence-corrected chi connectivity index (χ2v) is 6.94. The summed E-state index contributed by atoms with van der Waals surface area (Å²) in [5.74, 6) is 0.676. The smallest absolute Gasteiger partial charge is 0.243 e. The maximum atomic E-state index is 12.0. The van der Waals surface area contributed by atoms with Crippen LogP contribution in [0.5, 0.6) is 0 Å². The van der Waals surface area contributed by atoms with Gasteiger partial charge in [0.2, 0.25) is 5.91 Å². The van der Waals surface area contributed by atoms with E-state index in [1.54, 1.807) is 0 Å². The van der Waals surface area contributed by atoms with Crippen LogP contribution >= 0.6 is 0 Å². The Balaban J connectivity index is 2.21. The summed E-state index contributed by atoms with van der Waals surface area (Å²) in [5, 5.41) is 0. The standard InChI is InChI=1S/C16H23N3O/c1-15(2,3)14(20)19-18-13-12-9-7-6-8-11(12)10-16(4,5)17-13/h6-9H,10H2,1-5H3,(H,17,18)(H,19,20). The van der Waals surface area contributed by atoms with Crippen molar-refractivity contribution in [2.75, 3.05) is 0 Å². The number of carbonyl (C=O) groups excluding carboxylic acids is 1. The number of carbonyl (C=O) groups is 1. The van der Waals surface area contributed by atoms with Crippen molar-refractivity contribution in [2.45, 2.75) is 46.6 Å². The Labute approximate surface area is 120 Å². The number of rotatable bonds is 0. The molecule has 1 aromatic rings. The molecule has 0 bridgehead atoms. The number of aliphatic imine (C=N–C) groups is 1. The summed E-state index contributed by atoms with van der Waals surface area (Å²) in [7, 11) is 0. The van der Waals surface area contributed by atoms with E-state index in [2.05, 4.69) is 30.8 Å². The molecule has 4 nitrogen and oxygen atoms in total. The molecule has 4 heteroatoms. The molecule has 1 heterocycles. The molecule has 0 fully saturated rings. The molecule has 2 N–H and O–H groups in total. The van der Waals surface area contributed by atoms with E-state index in [-0.39, 0.29) is 11.4 Å². The molecule has 1 aromatic carbocycles. The summed E-state index contributed by atoms with van der Waals surface area (Å²) < 4.78 is 0. The molecule has 0 aliphatic carbocycles. The summed E-state index contributed by atoms with van der Waals surface area (Å²) in [6, 6.07) is 8.16. The van der Waals surface area contributed by atoms with Crippen molar-refractivity contribution in [2.24, 2.45) is 10.4 Å². The average Bonchev–Trinajstić information content (AvgIpc) is 2.33. The Kier molecular flexibility index (Phi) is 3.59. The van der Waals surface area contributed by atoms with E-state index in [4.69, 9.17) is 4.99 Å². The second-order valence-electron chi connectivity index (χ2n) is 6.94. The van der Waals surface area contributed by atoms with Crippen LogP contribution in [0.4, 0.5) is 0 Å². The molecular formula is C16H23N3O. The molecule has 0 spiro atoms. The molecule has 0 atom stereocenters. The lowest BCUT2D eigenvalue weighted by Gasteiger charge is -2.30. The van der Waals surface area contributed by atoms with Gasteiger partial charge in [0.05, 0.1) is 5.54 Å². The van der Waals surface area contributed by atoms with Gasteiger partial charge in [-0.05, 0) is 25.8 Å². The highest BCUT2D eigenvalue weighted by Crippen LogP contribution is 2.25. The molecule has 2 rings (SSSR count). The Bertz CT molecular complexity index is 553. The summed E-state index contributed by atoms with van der Waals surface area (Å²) in [6.07, 6.45) is 0.904. The molecule has 0 saturated carbocycles. The van der Waals surface area contributed by atoms with E-state index in [9.17, 15) is 4.79 Å². The fraction of sp³-hybridized carbons (Fsp3) is 0.500. The number of nitrogens with one attached hydrogen (secondary N) is 2. The van der Waals surface area contributed by atoms with Gasteiger partial charge in [-0.1, -0.05) is 45.0 Å². The van der Waals surface area contributed by atoms with Crippen LogP contribution in [0.25, 0.3) is 0 Å². The predicted molar refractivity (Wildman–Crippen MR) is 81.5 cm³/mol. The van der Waals surface area contributed by atoms with Crippen LogP contribution < -0.4 is 10.9 Å². The molecule has 0 saturated heterocycles. The van der Waals surface area contributed by atoms with Gasteiger partial charge in [-0.2, -0.15) is 0 Å². The van der Waals surface area contributed by atoms with Crippen molar-refractivity contribution < 1.29 is 4.79 Å². The van der Waals surface area contributed by atoms with Crippen molar-refractivity contribution in [3.8, 4) is 0 Å². The molecule has 0 aromatic heterocycles. The number of fused-ring (bicyclic) bond motifs is 1. The summed E-state index contributed by atoms with van der Waals surface area (Å²) in [6.45, 7) is 9.83. The van der Waals surface area contributed by atoms with Crippen LogP contribution in [-0.4, -0.2) is 17.3 Å². The van der Waals surface area contributed by atoms with Crippen molar-refractivity contribution in [1.82, 2.24) is 10.9 Å². The maximum Gasteiger partial charge on any atom is 0.243 e. The van der Waals surface area contributed by atoms with E-state index in [0.717, 1.165) is 17.8 Å². The van der Waals surface area contributed by atoms with Crippen molar-refractivity contribution >= 4 is 11.7 Å². The number of amides is 1. The van der Waals surface area contributed by atoms with Crippen LogP contribution in [0.2, 0.25) is 0 Å². The lowest BCUT2D eigenvalue weighted by molar-refractivity contribution is -0.129. The SMILES string of the molecule is CC1(C)Cc2ccccc2C(NNC(=O)C(C)(C)C)=N1. The zero-order valence-corrected chi connectivity index (χ0v) is 12.9. The normalized spacial score (nSPS) is 16.9. The van der Waals surface area contributed by atoms with Gasteiger partial charge in [-0.15, -0.1) is 0 Å². The quantitative estimate of drug-likeness (QED) is 0.713. The number of hydrogen-bond acceptors (Lipinski definition) is 3. The van der Waals surface area contributed by atoms with E-state index >= 15 is 0 Å². The molecule has 20 heavy (non-hydrogen) atoms. The Hall–Kier alpha value is -1.84. The largest absolute Gasteiger partial charge is 0.282 e. The van der Waals surface area contributed by atoms with E-state index in [1.807, 2.05) is 39.0 Å². The fourth-order valence-corrected chi connectivity index (χ4v) is 2.17. The summed E-state index contributed by atoms with van der Waals surface area (Å²) >= 11 is 0. The number of hydrazine groups is 1. The van der Waals surface area contributed by atoms with Crippen molar-refractivity contribution in [3.63, 3.8) is 0 Å². The van der Waals surface area contributed by atoms with Crippen molar-refractivity contribution in [1.29, 1.82) is 0 Å².